The van der Waals surface area contributed by atoms with E-state index in [1.54, 1.807) is 48.0 Å². The van der Waals surface area contributed by atoms with Gasteiger partial charge in [0.15, 0.2) is 0 Å². The standard InChI is InChI=1S/C23H18F3N5O3/c1-29-18-6-2-3-7-19(18)31(22(29)33)13-20(32)28-21-27-16-11-14(23(24,25)26)8-9-17(16)30(21)12-15-5-4-10-34-15/h2-11H,12-13H2,1H3,(H,27,28,32). The molecule has 5 aromatic rings. The van der Waals surface area contributed by atoms with E-state index >= 15 is 0 Å². The van der Waals surface area contributed by atoms with E-state index in [1.807, 2.05) is 0 Å². The maximum atomic E-state index is 13.2. The van der Waals surface area contributed by atoms with Gasteiger partial charge < -0.3 is 8.98 Å². The average molecular weight is 469 g/mol. The molecule has 174 valence electrons. The number of aromatic nitrogens is 4. The van der Waals surface area contributed by atoms with Gasteiger partial charge in [0.1, 0.15) is 12.3 Å². The van der Waals surface area contributed by atoms with Gasteiger partial charge in [-0.1, -0.05) is 12.1 Å². The fraction of sp³-hybridized carbons (Fsp3) is 0.174. The molecule has 2 aromatic carbocycles. The Labute approximate surface area is 189 Å². The number of furan rings is 1. The minimum Gasteiger partial charge on any atom is -0.467 e. The van der Waals surface area contributed by atoms with Gasteiger partial charge in [-0.05, 0) is 42.5 Å². The van der Waals surface area contributed by atoms with Crippen molar-refractivity contribution in [1.29, 1.82) is 0 Å². The maximum absolute atomic E-state index is 13.2. The summed E-state index contributed by atoms with van der Waals surface area (Å²) in [6.45, 7) is -0.156. The van der Waals surface area contributed by atoms with E-state index in [1.165, 1.54) is 21.5 Å². The first kappa shape index (κ1) is 21.6. The highest BCUT2D eigenvalue weighted by Gasteiger charge is 2.31. The first-order valence-electron chi connectivity index (χ1n) is 10.3. The molecular weight excluding hydrogens is 451 g/mol. The Balaban J connectivity index is 1.52. The molecule has 0 saturated carbocycles. The number of anilines is 1. The minimum atomic E-state index is -4.53. The zero-order valence-electron chi connectivity index (χ0n) is 17.8. The van der Waals surface area contributed by atoms with Gasteiger partial charge in [0, 0.05) is 7.05 Å². The molecule has 0 aliphatic rings. The fourth-order valence-corrected chi connectivity index (χ4v) is 3.94. The Kier molecular flexibility index (Phi) is 5.03. The lowest BCUT2D eigenvalue weighted by molar-refractivity contribution is -0.137. The monoisotopic (exact) mass is 469 g/mol. The van der Waals surface area contributed by atoms with Crippen molar-refractivity contribution in [2.45, 2.75) is 19.3 Å². The number of aryl methyl sites for hydroxylation is 1. The van der Waals surface area contributed by atoms with Crippen molar-refractivity contribution in [3.63, 3.8) is 0 Å². The zero-order valence-corrected chi connectivity index (χ0v) is 17.8. The molecule has 0 fully saturated rings. The van der Waals surface area contributed by atoms with E-state index in [0.29, 0.717) is 22.3 Å². The van der Waals surface area contributed by atoms with Crippen LogP contribution in [-0.4, -0.2) is 24.6 Å². The lowest BCUT2D eigenvalue weighted by Crippen LogP contribution is -2.29. The van der Waals surface area contributed by atoms with Gasteiger partial charge in [0.2, 0.25) is 11.9 Å². The van der Waals surface area contributed by atoms with Crippen molar-refractivity contribution in [2.75, 3.05) is 5.32 Å². The Hall–Kier alpha value is -4.28. The largest absolute Gasteiger partial charge is 0.467 e. The highest BCUT2D eigenvalue weighted by atomic mass is 19.4. The second-order valence-electron chi connectivity index (χ2n) is 7.77. The number of rotatable bonds is 5. The topological polar surface area (TPSA) is 87.0 Å². The summed E-state index contributed by atoms with van der Waals surface area (Å²) >= 11 is 0. The van der Waals surface area contributed by atoms with Gasteiger partial charge in [-0.15, -0.1) is 0 Å². The Morgan fingerprint density at radius 1 is 1.03 bits per heavy atom. The van der Waals surface area contributed by atoms with Gasteiger partial charge in [-0.3, -0.25) is 19.2 Å². The number of carbonyl (C=O) groups excluding carboxylic acids is 1. The van der Waals surface area contributed by atoms with Crippen LogP contribution in [0.15, 0.2) is 70.1 Å². The van der Waals surface area contributed by atoms with E-state index in [9.17, 15) is 22.8 Å². The smallest absolute Gasteiger partial charge is 0.416 e. The Morgan fingerprint density at radius 2 is 1.79 bits per heavy atom. The minimum absolute atomic E-state index is 0.0454. The van der Waals surface area contributed by atoms with Crippen LogP contribution >= 0.6 is 0 Å². The Bertz CT molecular complexity index is 1580. The molecule has 1 N–H and O–H groups in total. The molecule has 0 radical (unpaired) electrons. The van der Waals surface area contributed by atoms with Crippen LogP contribution in [-0.2, 0) is 31.1 Å². The predicted molar refractivity (Wildman–Crippen MR) is 118 cm³/mol. The molecule has 11 heteroatoms. The van der Waals surface area contributed by atoms with Gasteiger partial charge >= 0.3 is 11.9 Å². The molecule has 8 nitrogen and oxygen atoms in total. The second kappa shape index (κ2) is 7.94. The fourth-order valence-electron chi connectivity index (χ4n) is 3.94. The second-order valence-corrected chi connectivity index (χ2v) is 7.77. The number of para-hydroxylation sites is 2. The zero-order chi connectivity index (χ0) is 24.0. The number of amides is 1. The number of nitrogens with one attached hydrogen (secondary N) is 1. The normalized spacial score (nSPS) is 12.0. The third kappa shape index (κ3) is 3.74. The number of nitrogens with zero attached hydrogens (tertiary/aromatic N) is 4. The molecule has 0 spiro atoms. The number of halogens is 3. The number of carbonyl (C=O) groups is 1. The predicted octanol–water partition coefficient (Wildman–Crippen LogP) is 3.99. The van der Waals surface area contributed by atoms with Crippen LogP contribution in [0.4, 0.5) is 19.1 Å². The van der Waals surface area contributed by atoms with Crippen LogP contribution < -0.4 is 11.0 Å². The van der Waals surface area contributed by atoms with Crippen LogP contribution in [0.3, 0.4) is 0 Å². The lowest BCUT2D eigenvalue weighted by atomic mass is 10.2. The quantitative estimate of drug-likeness (QED) is 0.422. The summed E-state index contributed by atoms with van der Waals surface area (Å²) in [5.74, 6) is 0.0227. The third-order valence-corrected chi connectivity index (χ3v) is 5.57. The molecular formula is C23H18F3N5O3. The molecule has 5 rings (SSSR count). The first-order chi connectivity index (χ1) is 16.2. The molecule has 0 saturated heterocycles. The van der Waals surface area contributed by atoms with Gasteiger partial charge in [0.05, 0.1) is 40.4 Å². The number of imidazole rings is 2. The summed E-state index contributed by atoms with van der Waals surface area (Å²) in [6, 6.07) is 13.6. The SMILES string of the molecule is Cn1c(=O)n(CC(=O)Nc2nc3cc(C(F)(F)F)ccc3n2Cc2ccco2)c2ccccc21. The number of alkyl halides is 3. The maximum Gasteiger partial charge on any atom is 0.416 e. The molecule has 3 aromatic heterocycles. The van der Waals surface area contributed by atoms with Crippen LogP contribution in [0.2, 0.25) is 0 Å². The lowest BCUT2D eigenvalue weighted by Gasteiger charge is -2.10. The molecule has 1 amide bonds. The first-order valence-corrected chi connectivity index (χ1v) is 10.3. The highest BCUT2D eigenvalue weighted by Crippen LogP contribution is 2.32. The number of hydrogen-bond acceptors (Lipinski definition) is 4. The van der Waals surface area contributed by atoms with Gasteiger partial charge in [-0.25, -0.2) is 9.78 Å². The van der Waals surface area contributed by atoms with E-state index in [0.717, 1.165) is 12.1 Å². The van der Waals surface area contributed by atoms with Crippen molar-refractivity contribution in [1.82, 2.24) is 18.7 Å². The van der Waals surface area contributed by atoms with E-state index in [2.05, 4.69) is 10.3 Å². The summed E-state index contributed by atoms with van der Waals surface area (Å²) < 4.78 is 49.3. The molecule has 3 heterocycles. The summed E-state index contributed by atoms with van der Waals surface area (Å²) in [6.07, 6.45) is -3.06. The van der Waals surface area contributed by atoms with E-state index in [4.69, 9.17) is 4.42 Å². The number of benzene rings is 2. The van der Waals surface area contributed by atoms with Gasteiger partial charge in [-0.2, -0.15) is 13.2 Å². The molecule has 34 heavy (non-hydrogen) atoms. The van der Waals surface area contributed by atoms with Crippen molar-refractivity contribution in [2.24, 2.45) is 7.05 Å². The van der Waals surface area contributed by atoms with Crippen molar-refractivity contribution in [3.8, 4) is 0 Å². The molecule has 0 unspecified atom stereocenters. The summed E-state index contributed by atoms with van der Waals surface area (Å²) in [4.78, 5) is 29.8. The number of fused-ring (bicyclic) bond motifs is 2. The summed E-state index contributed by atoms with van der Waals surface area (Å²) in [7, 11) is 1.61. The van der Waals surface area contributed by atoms with Crippen LogP contribution in [0, 0.1) is 0 Å². The summed E-state index contributed by atoms with van der Waals surface area (Å²) in [5.41, 5.74) is 0.508. The average Bonchev–Trinajstić information content (AvgIpc) is 3.49. The van der Waals surface area contributed by atoms with E-state index < -0.39 is 17.6 Å². The number of hydrogen-bond donors (Lipinski definition) is 1. The van der Waals surface area contributed by atoms with Crippen LogP contribution in [0.1, 0.15) is 11.3 Å². The van der Waals surface area contributed by atoms with Crippen molar-refractivity contribution in [3.05, 3.63) is 82.7 Å². The molecule has 0 aliphatic carbocycles. The third-order valence-electron chi connectivity index (χ3n) is 5.57. The van der Waals surface area contributed by atoms with Gasteiger partial charge in [0.25, 0.3) is 0 Å². The highest BCUT2D eigenvalue weighted by molar-refractivity contribution is 5.92. The van der Waals surface area contributed by atoms with E-state index in [-0.39, 0.29) is 30.2 Å². The molecule has 0 bridgehead atoms. The van der Waals surface area contributed by atoms with Crippen molar-refractivity contribution < 1.29 is 22.4 Å². The Morgan fingerprint density at radius 3 is 2.50 bits per heavy atom. The van der Waals surface area contributed by atoms with Crippen LogP contribution in [0.25, 0.3) is 22.1 Å². The molecule has 0 atom stereocenters. The van der Waals surface area contributed by atoms with Crippen molar-refractivity contribution >= 4 is 33.9 Å². The molecule has 0 aliphatic heterocycles. The summed E-state index contributed by atoms with van der Waals surface area (Å²) in [5, 5.41) is 2.64. The van der Waals surface area contributed by atoms with Crippen LogP contribution in [0.5, 0.6) is 0 Å².